The number of hydrogen-bond donors (Lipinski definition) is 1. The number of alkyl halides is 1. The smallest absolute Gasteiger partial charge is 0.407 e. The summed E-state index contributed by atoms with van der Waals surface area (Å²) in [5.74, 6) is 0.506. The average Bonchev–Trinajstić information content (AvgIpc) is 2.27. The van der Waals surface area contributed by atoms with Crippen LogP contribution in [0, 0.1) is 0 Å². The number of amides is 1. The first-order valence-corrected chi connectivity index (χ1v) is 5.34. The van der Waals surface area contributed by atoms with E-state index in [0.717, 1.165) is 11.1 Å². The minimum Gasteiger partial charge on any atom is -0.450 e. The molecule has 1 amide bonds. The van der Waals surface area contributed by atoms with Gasteiger partial charge in [-0.15, -0.1) is 11.6 Å². The van der Waals surface area contributed by atoms with E-state index in [2.05, 4.69) is 5.32 Å². The molecule has 1 N–H and O–H groups in total. The van der Waals surface area contributed by atoms with E-state index in [4.69, 9.17) is 16.3 Å². The van der Waals surface area contributed by atoms with Crippen molar-refractivity contribution in [3.63, 3.8) is 0 Å². The predicted octanol–water partition coefficient (Wildman–Crippen LogP) is 2.67. The highest BCUT2D eigenvalue weighted by molar-refractivity contribution is 6.17. The maximum absolute atomic E-state index is 11.0. The maximum atomic E-state index is 11.0. The summed E-state index contributed by atoms with van der Waals surface area (Å²) in [6, 6.07) is 7.75. The maximum Gasteiger partial charge on any atom is 0.407 e. The highest BCUT2D eigenvalue weighted by Gasteiger charge is 1.99. The summed E-state index contributed by atoms with van der Waals surface area (Å²) in [5.41, 5.74) is 2.09. The molecule has 1 rings (SSSR count). The van der Waals surface area contributed by atoms with Crippen LogP contribution in [0.15, 0.2) is 24.3 Å². The molecule has 0 heterocycles. The Kier molecular flexibility index (Phi) is 4.98. The summed E-state index contributed by atoms with van der Waals surface area (Å²) in [5, 5.41) is 2.64. The summed E-state index contributed by atoms with van der Waals surface area (Å²) < 4.78 is 4.74. The monoisotopic (exact) mass is 227 g/mol. The van der Waals surface area contributed by atoms with Crippen LogP contribution in [0.1, 0.15) is 18.1 Å². The van der Waals surface area contributed by atoms with Gasteiger partial charge >= 0.3 is 6.09 Å². The van der Waals surface area contributed by atoms with Crippen LogP contribution in [0.4, 0.5) is 4.79 Å². The zero-order valence-corrected chi connectivity index (χ0v) is 9.38. The summed E-state index contributed by atoms with van der Waals surface area (Å²) >= 11 is 5.66. The number of alkyl carbamates (subject to hydrolysis) is 1. The van der Waals surface area contributed by atoms with Gasteiger partial charge in [-0.25, -0.2) is 4.79 Å². The van der Waals surface area contributed by atoms with Crippen molar-refractivity contribution in [1.29, 1.82) is 0 Å². The van der Waals surface area contributed by atoms with E-state index in [0.29, 0.717) is 19.0 Å². The molecule has 1 aromatic carbocycles. The standard InChI is InChI=1S/C11H14ClNO2/c1-2-15-11(14)13-8-10-5-3-9(7-12)4-6-10/h3-6H,2,7-8H2,1H3,(H,13,14). The van der Waals surface area contributed by atoms with E-state index in [1.807, 2.05) is 24.3 Å². The molecule has 3 nitrogen and oxygen atoms in total. The first kappa shape index (κ1) is 11.9. The summed E-state index contributed by atoms with van der Waals surface area (Å²) in [6.07, 6.45) is -0.390. The zero-order chi connectivity index (χ0) is 11.1. The van der Waals surface area contributed by atoms with Crippen LogP contribution in [0.2, 0.25) is 0 Å². The van der Waals surface area contributed by atoms with E-state index in [9.17, 15) is 4.79 Å². The minimum atomic E-state index is -0.390. The minimum absolute atomic E-state index is 0.386. The van der Waals surface area contributed by atoms with Crippen molar-refractivity contribution >= 4 is 17.7 Å². The lowest BCUT2D eigenvalue weighted by Crippen LogP contribution is -2.23. The number of nitrogens with one attached hydrogen (secondary N) is 1. The highest BCUT2D eigenvalue weighted by Crippen LogP contribution is 2.06. The third-order valence-electron chi connectivity index (χ3n) is 1.89. The molecular formula is C11H14ClNO2. The normalized spacial score (nSPS) is 9.73. The molecule has 0 aliphatic heterocycles. The summed E-state index contributed by atoms with van der Waals surface area (Å²) in [4.78, 5) is 11.0. The van der Waals surface area contributed by atoms with Crippen LogP contribution < -0.4 is 5.32 Å². The molecule has 0 radical (unpaired) electrons. The van der Waals surface area contributed by atoms with Crippen LogP contribution in [0.5, 0.6) is 0 Å². The topological polar surface area (TPSA) is 38.3 Å². The molecule has 0 fully saturated rings. The van der Waals surface area contributed by atoms with Gasteiger partial charge in [-0.05, 0) is 18.1 Å². The molecule has 0 bridgehead atoms. The number of halogens is 1. The fourth-order valence-electron chi connectivity index (χ4n) is 1.10. The largest absolute Gasteiger partial charge is 0.450 e. The van der Waals surface area contributed by atoms with Gasteiger partial charge in [-0.2, -0.15) is 0 Å². The number of carbonyl (C=O) groups is 1. The second kappa shape index (κ2) is 6.30. The van der Waals surface area contributed by atoms with E-state index < -0.39 is 0 Å². The second-order valence-corrected chi connectivity index (χ2v) is 3.29. The van der Waals surface area contributed by atoms with Crippen molar-refractivity contribution in [1.82, 2.24) is 5.32 Å². The lowest BCUT2D eigenvalue weighted by molar-refractivity contribution is 0.151. The van der Waals surface area contributed by atoms with Gasteiger partial charge in [0.1, 0.15) is 0 Å². The van der Waals surface area contributed by atoms with Crippen molar-refractivity contribution in [2.75, 3.05) is 6.61 Å². The first-order chi connectivity index (χ1) is 7.26. The Morgan fingerprint density at radius 1 is 1.33 bits per heavy atom. The Morgan fingerprint density at radius 2 is 1.93 bits per heavy atom. The van der Waals surface area contributed by atoms with Crippen LogP contribution in [0.3, 0.4) is 0 Å². The SMILES string of the molecule is CCOC(=O)NCc1ccc(CCl)cc1. The van der Waals surface area contributed by atoms with E-state index >= 15 is 0 Å². The average molecular weight is 228 g/mol. The second-order valence-electron chi connectivity index (χ2n) is 3.02. The van der Waals surface area contributed by atoms with Crippen LogP contribution in [0.25, 0.3) is 0 Å². The molecular weight excluding hydrogens is 214 g/mol. The van der Waals surface area contributed by atoms with E-state index in [1.165, 1.54) is 0 Å². The van der Waals surface area contributed by atoms with Crippen LogP contribution in [-0.2, 0) is 17.2 Å². The van der Waals surface area contributed by atoms with Crippen LogP contribution >= 0.6 is 11.6 Å². The van der Waals surface area contributed by atoms with Crippen LogP contribution in [-0.4, -0.2) is 12.7 Å². The molecule has 0 saturated carbocycles. The number of ether oxygens (including phenoxy) is 1. The van der Waals surface area contributed by atoms with Gasteiger partial charge in [0.15, 0.2) is 0 Å². The Morgan fingerprint density at radius 3 is 2.47 bits per heavy atom. The van der Waals surface area contributed by atoms with Gasteiger partial charge in [0.25, 0.3) is 0 Å². The van der Waals surface area contributed by atoms with Crippen molar-refractivity contribution in [2.24, 2.45) is 0 Å². The molecule has 0 spiro atoms. The van der Waals surface area contributed by atoms with Gasteiger partial charge < -0.3 is 10.1 Å². The Labute approximate surface area is 94.4 Å². The fraction of sp³-hybridized carbons (Fsp3) is 0.364. The summed E-state index contributed by atoms with van der Waals surface area (Å²) in [6.45, 7) is 2.63. The van der Waals surface area contributed by atoms with Gasteiger partial charge in [0.05, 0.1) is 6.61 Å². The molecule has 0 aliphatic rings. The number of carbonyl (C=O) groups excluding carboxylic acids is 1. The van der Waals surface area contributed by atoms with Gasteiger partial charge in [-0.1, -0.05) is 24.3 Å². The molecule has 82 valence electrons. The molecule has 1 aromatic rings. The number of rotatable bonds is 4. The van der Waals surface area contributed by atoms with Crippen molar-refractivity contribution in [2.45, 2.75) is 19.3 Å². The quantitative estimate of drug-likeness (QED) is 0.804. The number of benzene rings is 1. The molecule has 4 heteroatoms. The third kappa shape index (κ3) is 4.21. The predicted molar refractivity (Wildman–Crippen MR) is 59.9 cm³/mol. The fourth-order valence-corrected chi connectivity index (χ4v) is 1.28. The van der Waals surface area contributed by atoms with Gasteiger partial charge in [0.2, 0.25) is 0 Å². The Balaban J connectivity index is 2.40. The zero-order valence-electron chi connectivity index (χ0n) is 8.63. The Hall–Kier alpha value is -1.22. The lowest BCUT2D eigenvalue weighted by atomic mass is 10.1. The molecule has 0 aromatic heterocycles. The van der Waals surface area contributed by atoms with Crippen molar-refractivity contribution in [3.8, 4) is 0 Å². The van der Waals surface area contributed by atoms with Crippen molar-refractivity contribution in [3.05, 3.63) is 35.4 Å². The number of hydrogen-bond acceptors (Lipinski definition) is 2. The molecule has 0 unspecified atom stereocenters. The lowest BCUT2D eigenvalue weighted by Gasteiger charge is -2.05. The summed E-state index contributed by atoms with van der Waals surface area (Å²) in [7, 11) is 0. The molecule has 0 saturated heterocycles. The van der Waals surface area contributed by atoms with Gasteiger partial charge in [-0.3, -0.25) is 0 Å². The first-order valence-electron chi connectivity index (χ1n) is 4.80. The highest BCUT2D eigenvalue weighted by atomic mass is 35.5. The molecule has 15 heavy (non-hydrogen) atoms. The van der Waals surface area contributed by atoms with E-state index in [1.54, 1.807) is 6.92 Å². The van der Waals surface area contributed by atoms with E-state index in [-0.39, 0.29) is 6.09 Å². The third-order valence-corrected chi connectivity index (χ3v) is 2.20. The van der Waals surface area contributed by atoms with Gasteiger partial charge in [0, 0.05) is 12.4 Å². The molecule has 0 aliphatic carbocycles. The van der Waals surface area contributed by atoms with Crippen molar-refractivity contribution < 1.29 is 9.53 Å². The molecule has 0 atom stereocenters. The Bertz CT molecular complexity index is 311.